The molecule has 4 nitrogen and oxygen atoms in total. The summed E-state index contributed by atoms with van der Waals surface area (Å²) < 4.78 is 16.6. The molecule has 0 bridgehead atoms. The SMILES string of the molecule is CCC(CSOC(C)=O)c1coc2cc(OCc3ccc(Cl)cc3Cl)ccc12. The number of hydrogen-bond acceptors (Lipinski definition) is 5. The molecule has 0 amide bonds. The Bertz CT molecular complexity index is 970. The fourth-order valence-corrected chi connectivity index (χ4v) is 4.14. The van der Waals surface area contributed by atoms with Crippen molar-refractivity contribution >= 4 is 52.2 Å². The molecule has 0 aliphatic rings. The first kappa shape index (κ1) is 20.9. The van der Waals surface area contributed by atoms with E-state index in [-0.39, 0.29) is 11.9 Å². The molecule has 28 heavy (non-hydrogen) atoms. The molecule has 0 spiro atoms. The van der Waals surface area contributed by atoms with E-state index >= 15 is 0 Å². The van der Waals surface area contributed by atoms with E-state index in [1.54, 1.807) is 18.4 Å². The van der Waals surface area contributed by atoms with Crippen LogP contribution in [-0.2, 0) is 15.6 Å². The molecule has 0 fully saturated rings. The first-order valence-electron chi connectivity index (χ1n) is 8.85. The van der Waals surface area contributed by atoms with Crippen LogP contribution >= 0.6 is 35.2 Å². The summed E-state index contributed by atoms with van der Waals surface area (Å²) in [4.78, 5) is 11.0. The molecule has 0 N–H and O–H groups in total. The van der Waals surface area contributed by atoms with Crippen molar-refractivity contribution in [1.82, 2.24) is 0 Å². The molecule has 0 radical (unpaired) electrons. The predicted octanol–water partition coefficient (Wildman–Crippen LogP) is 7.02. The summed E-state index contributed by atoms with van der Waals surface area (Å²) in [6, 6.07) is 11.1. The molecular weight excluding hydrogens is 419 g/mol. The van der Waals surface area contributed by atoms with Gasteiger partial charge < -0.3 is 13.3 Å². The highest BCUT2D eigenvalue weighted by Gasteiger charge is 2.17. The van der Waals surface area contributed by atoms with E-state index < -0.39 is 0 Å². The Labute approximate surface area is 178 Å². The Hall–Kier alpha value is -1.82. The van der Waals surface area contributed by atoms with E-state index in [1.807, 2.05) is 24.3 Å². The van der Waals surface area contributed by atoms with Crippen molar-refractivity contribution in [3.8, 4) is 5.75 Å². The number of benzene rings is 2. The van der Waals surface area contributed by atoms with Crippen molar-refractivity contribution in [2.24, 2.45) is 0 Å². The Morgan fingerprint density at radius 2 is 2.04 bits per heavy atom. The summed E-state index contributed by atoms with van der Waals surface area (Å²) >= 11 is 13.3. The van der Waals surface area contributed by atoms with Crippen LogP contribution in [0.3, 0.4) is 0 Å². The maximum absolute atomic E-state index is 11.0. The largest absolute Gasteiger partial charge is 0.489 e. The minimum atomic E-state index is -0.292. The van der Waals surface area contributed by atoms with Gasteiger partial charge in [-0.2, -0.15) is 0 Å². The van der Waals surface area contributed by atoms with Crippen LogP contribution < -0.4 is 4.74 Å². The van der Waals surface area contributed by atoms with Crippen molar-refractivity contribution < 1.29 is 18.1 Å². The maximum Gasteiger partial charge on any atom is 0.314 e. The van der Waals surface area contributed by atoms with Gasteiger partial charge in [-0.05, 0) is 36.6 Å². The van der Waals surface area contributed by atoms with Crippen LogP contribution in [0.25, 0.3) is 11.0 Å². The van der Waals surface area contributed by atoms with Crippen LogP contribution in [0.2, 0.25) is 10.0 Å². The predicted molar refractivity (Wildman–Crippen MR) is 114 cm³/mol. The molecule has 0 aliphatic heterocycles. The van der Waals surface area contributed by atoms with Crippen molar-refractivity contribution in [2.45, 2.75) is 32.8 Å². The molecular formula is C21H20Cl2O4S. The van der Waals surface area contributed by atoms with Gasteiger partial charge in [0.15, 0.2) is 0 Å². The number of carbonyl (C=O) groups is 1. The van der Waals surface area contributed by atoms with Crippen molar-refractivity contribution in [2.75, 3.05) is 5.75 Å². The lowest BCUT2D eigenvalue weighted by atomic mass is 9.98. The van der Waals surface area contributed by atoms with Crippen LogP contribution in [0.15, 0.2) is 47.1 Å². The fourth-order valence-electron chi connectivity index (χ4n) is 2.86. The van der Waals surface area contributed by atoms with Gasteiger partial charge in [0.1, 0.15) is 17.9 Å². The summed E-state index contributed by atoms with van der Waals surface area (Å²) in [5.74, 6) is 1.31. The molecule has 1 heterocycles. The Kier molecular flexibility index (Phi) is 7.16. The lowest BCUT2D eigenvalue weighted by Crippen LogP contribution is -2.02. The van der Waals surface area contributed by atoms with E-state index in [0.717, 1.165) is 28.5 Å². The second-order valence-corrected chi connectivity index (χ2v) is 7.92. The summed E-state index contributed by atoms with van der Waals surface area (Å²) in [5, 5.41) is 2.20. The van der Waals surface area contributed by atoms with E-state index in [4.69, 9.17) is 36.5 Å². The third kappa shape index (κ3) is 5.16. The maximum atomic E-state index is 11.0. The van der Waals surface area contributed by atoms with Gasteiger partial charge in [-0.15, -0.1) is 0 Å². The monoisotopic (exact) mass is 438 g/mol. The van der Waals surface area contributed by atoms with Gasteiger partial charge in [-0.25, -0.2) is 0 Å². The van der Waals surface area contributed by atoms with E-state index in [1.165, 1.54) is 19.0 Å². The zero-order valence-corrected chi connectivity index (χ0v) is 17.9. The highest BCUT2D eigenvalue weighted by molar-refractivity contribution is 7.95. The molecule has 3 rings (SSSR count). The molecule has 2 aromatic carbocycles. The van der Waals surface area contributed by atoms with Gasteiger partial charge in [0.05, 0.1) is 18.3 Å². The third-order valence-electron chi connectivity index (χ3n) is 4.36. The Morgan fingerprint density at radius 3 is 2.75 bits per heavy atom. The molecule has 7 heteroatoms. The highest BCUT2D eigenvalue weighted by atomic mass is 35.5. The average molecular weight is 439 g/mol. The number of rotatable bonds is 8. The number of furan rings is 1. The summed E-state index contributed by atoms with van der Waals surface area (Å²) in [5.41, 5.74) is 2.72. The van der Waals surface area contributed by atoms with Gasteiger partial charge in [-0.1, -0.05) is 36.2 Å². The van der Waals surface area contributed by atoms with Crippen LogP contribution in [0.1, 0.15) is 37.3 Å². The Balaban J connectivity index is 1.71. The van der Waals surface area contributed by atoms with E-state index in [9.17, 15) is 4.79 Å². The first-order chi connectivity index (χ1) is 13.5. The number of ether oxygens (including phenoxy) is 1. The van der Waals surface area contributed by atoms with Crippen molar-refractivity contribution in [3.05, 3.63) is 63.8 Å². The second-order valence-electron chi connectivity index (χ2n) is 6.34. The quantitative estimate of drug-likeness (QED) is 0.353. The third-order valence-corrected chi connectivity index (χ3v) is 5.84. The minimum Gasteiger partial charge on any atom is -0.489 e. The molecule has 148 valence electrons. The van der Waals surface area contributed by atoms with Crippen LogP contribution in [-0.4, -0.2) is 11.7 Å². The van der Waals surface area contributed by atoms with Crippen LogP contribution in [0.4, 0.5) is 0 Å². The number of carbonyl (C=O) groups excluding carboxylic acids is 1. The van der Waals surface area contributed by atoms with E-state index in [2.05, 4.69) is 6.92 Å². The smallest absolute Gasteiger partial charge is 0.314 e. The summed E-state index contributed by atoms with van der Waals surface area (Å²) in [6.45, 7) is 3.84. The molecule has 1 atom stereocenters. The topological polar surface area (TPSA) is 48.7 Å². The lowest BCUT2D eigenvalue weighted by Gasteiger charge is -2.12. The summed E-state index contributed by atoms with van der Waals surface area (Å²) in [7, 11) is 0. The van der Waals surface area contributed by atoms with Gasteiger partial charge >= 0.3 is 5.97 Å². The molecule has 1 unspecified atom stereocenters. The van der Waals surface area contributed by atoms with Crippen molar-refractivity contribution in [3.63, 3.8) is 0 Å². The molecule has 3 aromatic rings. The molecule has 0 aliphatic carbocycles. The first-order valence-corrected chi connectivity index (χ1v) is 10.5. The van der Waals surface area contributed by atoms with Crippen molar-refractivity contribution in [1.29, 1.82) is 0 Å². The molecule has 0 saturated heterocycles. The standard InChI is InChI=1S/C21H20Cl2O4S/c1-3-14(12-28-27-13(2)24)19-11-26-21-9-17(6-7-18(19)21)25-10-15-4-5-16(22)8-20(15)23/h4-9,11,14H,3,10,12H2,1-2H3. The molecule has 1 aromatic heterocycles. The normalized spacial score (nSPS) is 12.1. The summed E-state index contributed by atoms with van der Waals surface area (Å²) in [6.07, 6.45) is 2.68. The van der Waals surface area contributed by atoms with Gasteiger partial charge in [-0.3, -0.25) is 4.79 Å². The molecule has 0 saturated carbocycles. The van der Waals surface area contributed by atoms with Gasteiger partial charge in [0.25, 0.3) is 0 Å². The number of halogens is 2. The number of fused-ring (bicyclic) bond motifs is 1. The van der Waals surface area contributed by atoms with Gasteiger partial charge in [0.2, 0.25) is 0 Å². The van der Waals surface area contributed by atoms with Gasteiger partial charge in [0, 0.05) is 45.3 Å². The average Bonchev–Trinajstić information content (AvgIpc) is 3.07. The second kappa shape index (κ2) is 9.59. The van der Waals surface area contributed by atoms with Crippen LogP contribution in [0, 0.1) is 0 Å². The number of hydrogen-bond donors (Lipinski definition) is 0. The lowest BCUT2D eigenvalue weighted by molar-refractivity contribution is -0.130. The van der Waals surface area contributed by atoms with E-state index in [0.29, 0.717) is 28.2 Å². The van der Waals surface area contributed by atoms with Crippen LogP contribution in [0.5, 0.6) is 5.75 Å². The zero-order valence-electron chi connectivity index (χ0n) is 15.5. The Morgan fingerprint density at radius 1 is 1.21 bits per heavy atom. The highest BCUT2D eigenvalue weighted by Crippen LogP contribution is 2.34. The fraction of sp³-hybridized carbons (Fsp3) is 0.286. The zero-order chi connectivity index (χ0) is 20.1. The minimum absolute atomic E-state index is 0.227.